The molecule has 2 unspecified atom stereocenters. The molecule has 0 bridgehead atoms. The van der Waals surface area contributed by atoms with Gasteiger partial charge in [-0.3, -0.25) is 0 Å². The number of benzene rings is 1. The Hall–Kier alpha value is -0.520. The molecule has 0 aromatic heterocycles. The highest BCUT2D eigenvalue weighted by Crippen LogP contribution is 2.36. The first-order valence-corrected chi connectivity index (χ1v) is 6.74. The maximum atomic E-state index is 13.8. The minimum Gasteiger partial charge on any atom is -0.380 e. The molecule has 2 N–H and O–H groups in total. The molecule has 0 amide bonds. The van der Waals surface area contributed by atoms with E-state index in [0.717, 1.165) is 12.8 Å². The van der Waals surface area contributed by atoms with Gasteiger partial charge in [0, 0.05) is 18.7 Å². The van der Waals surface area contributed by atoms with Crippen LogP contribution in [-0.4, -0.2) is 19.3 Å². The van der Waals surface area contributed by atoms with Crippen LogP contribution in [0.5, 0.6) is 0 Å². The molecule has 0 heterocycles. The average Bonchev–Trinajstić information content (AvgIpc) is 3.15. The summed E-state index contributed by atoms with van der Waals surface area (Å²) < 4.78 is 33.0. The van der Waals surface area contributed by atoms with Crippen LogP contribution in [0.15, 0.2) is 16.6 Å². The van der Waals surface area contributed by atoms with E-state index in [2.05, 4.69) is 15.9 Å². The van der Waals surface area contributed by atoms with Gasteiger partial charge in [0.1, 0.15) is 11.6 Å². The van der Waals surface area contributed by atoms with Crippen molar-refractivity contribution in [3.05, 3.63) is 33.8 Å². The standard InChI is InChI=1S/C13H16BrF2NO/c1-18-13(7-2-3-7)11(17)6-8-10(15)5-4-9(14)12(8)16/h4-5,7,11,13H,2-3,6,17H2,1H3. The number of halogens is 3. The molecule has 0 radical (unpaired) electrons. The van der Waals surface area contributed by atoms with E-state index >= 15 is 0 Å². The van der Waals surface area contributed by atoms with Gasteiger partial charge in [-0.2, -0.15) is 0 Å². The van der Waals surface area contributed by atoms with Crippen LogP contribution < -0.4 is 5.73 Å². The van der Waals surface area contributed by atoms with Crippen LogP contribution in [0, 0.1) is 17.6 Å². The molecule has 0 aliphatic heterocycles. The third-order valence-electron chi connectivity index (χ3n) is 3.36. The Balaban J connectivity index is 2.15. The summed E-state index contributed by atoms with van der Waals surface area (Å²) >= 11 is 3.05. The molecule has 1 aromatic rings. The Morgan fingerprint density at radius 3 is 2.67 bits per heavy atom. The van der Waals surface area contributed by atoms with E-state index in [-0.39, 0.29) is 28.6 Å². The minimum atomic E-state index is -0.573. The third-order valence-corrected chi connectivity index (χ3v) is 3.97. The van der Waals surface area contributed by atoms with Gasteiger partial charge < -0.3 is 10.5 Å². The largest absolute Gasteiger partial charge is 0.380 e. The zero-order valence-electron chi connectivity index (χ0n) is 10.1. The lowest BCUT2D eigenvalue weighted by atomic mass is 9.98. The molecule has 100 valence electrons. The van der Waals surface area contributed by atoms with Crippen molar-refractivity contribution in [2.24, 2.45) is 11.7 Å². The molecule has 1 aromatic carbocycles. The van der Waals surface area contributed by atoms with Gasteiger partial charge in [0.15, 0.2) is 0 Å². The predicted molar refractivity (Wildman–Crippen MR) is 69.3 cm³/mol. The first-order chi connectivity index (χ1) is 8.54. The second-order valence-electron chi connectivity index (χ2n) is 4.73. The molecular formula is C13H16BrF2NO. The van der Waals surface area contributed by atoms with E-state index in [9.17, 15) is 8.78 Å². The maximum absolute atomic E-state index is 13.8. The molecule has 2 rings (SSSR count). The zero-order chi connectivity index (χ0) is 13.3. The molecule has 1 fully saturated rings. The van der Waals surface area contributed by atoms with Crippen molar-refractivity contribution in [2.75, 3.05) is 7.11 Å². The predicted octanol–water partition coefficient (Wildman–Crippen LogP) is 3.02. The molecule has 18 heavy (non-hydrogen) atoms. The number of rotatable bonds is 5. The van der Waals surface area contributed by atoms with E-state index in [1.807, 2.05) is 0 Å². The Kier molecular flexibility index (Phi) is 4.35. The fourth-order valence-electron chi connectivity index (χ4n) is 2.25. The highest BCUT2D eigenvalue weighted by molar-refractivity contribution is 9.10. The van der Waals surface area contributed by atoms with Crippen LogP contribution in [0.1, 0.15) is 18.4 Å². The number of hydrogen-bond acceptors (Lipinski definition) is 2. The van der Waals surface area contributed by atoms with Gasteiger partial charge in [-0.25, -0.2) is 8.78 Å². The van der Waals surface area contributed by atoms with Crippen LogP contribution in [-0.2, 0) is 11.2 Å². The Labute approximate surface area is 114 Å². The van der Waals surface area contributed by atoms with Crippen LogP contribution >= 0.6 is 15.9 Å². The van der Waals surface area contributed by atoms with Crippen LogP contribution in [0.2, 0.25) is 0 Å². The smallest absolute Gasteiger partial charge is 0.143 e. The third kappa shape index (κ3) is 2.90. The lowest BCUT2D eigenvalue weighted by Crippen LogP contribution is -2.39. The topological polar surface area (TPSA) is 35.2 Å². The van der Waals surface area contributed by atoms with Crippen molar-refractivity contribution in [1.29, 1.82) is 0 Å². The molecule has 2 atom stereocenters. The molecule has 1 aliphatic carbocycles. The number of hydrogen-bond donors (Lipinski definition) is 1. The van der Waals surface area contributed by atoms with Gasteiger partial charge in [-0.05, 0) is 53.2 Å². The Morgan fingerprint density at radius 2 is 2.11 bits per heavy atom. The lowest BCUT2D eigenvalue weighted by Gasteiger charge is -2.22. The fourth-order valence-corrected chi connectivity index (χ4v) is 2.62. The average molecular weight is 320 g/mol. The first kappa shape index (κ1) is 13.9. The first-order valence-electron chi connectivity index (χ1n) is 5.95. The van der Waals surface area contributed by atoms with Crippen molar-refractivity contribution in [3.8, 4) is 0 Å². The van der Waals surface area contributed by atoms with Gasteiger partial charge in [0.2, 0.25) is 0 Å². The SMILES string of the molecule is COC(C(N)Cc1c(F)ccc(Br)c1F)C1CC1. The van der Waals surface area contributed by atoms with Crippen molar-refractivity contribution >= 4 is 15.9 Å². The zero-order valence-corrected chi connectivity index (χ0v) is 11.7. The summed E-state index contributed by atoms with van der Waals surface area (Å²) in [7, 11) is 1.59. The summed E-state index contributed by atoms with van der Waals surface area (Å²) in [5.41, 5.74) is 6.04. The van der Waals surface area contributed by atoms with Gasteiger partial charge in [0.05, 0.1) is 10.6 Å². The summed E-state index contributed by atoms with van der Waals surface area (Å²) in [4.78, 5) is 0. The molecule has 2 nitrogen and oxygen atoms in total. The van der Waals surface area contributed by atoms with E-state index in [1.165, 1.54) is 12.1 Å². The molecule has 0 spiro atoms. The molecule has 1 aliphatic rings. The number of ether oxygens (including phenoxy) is 1. The normalized spacial score (nSPS) is 18.7. The Morgan fingerprint density at radius 1 is 1.44 bits per heavy atom. The summed E-state index contributed by atoms with van der Waals surface area (Å²) in [5, 5.41) is 0. The summed E-state index contributed by atoms with van der Waals surface area (Å²) in [6, 6.07) is 2.21. The molecular weight excluding hydrogens is 304 g/mol. The number of methoxy groups -OCH3 is 1. The summed E-state index contributed by atoms with van der Waals surface area (Å²) in [5.74, 6) is -0.698. The monoisotopic (exact) mass is 319 g/mol. The lowest BCUT2D eigenvalue weighted by molar-refractivity contribution is 0.0622. The quantitative estimate of drug-likeness (QED) is 0.847. The van der Waals surface area contributed by atoms with Gasteiger partial charge >= 0.3 is 0 Å². The summed E-state index contributed by atoms with van der Waals surface area (Å²) in [6.07, 6.45) is 2.18. The maximum Gasteiger partial charge on any atom is 0.143 e. The van der Waals surface area contributed by atoms with Gasteiger partial charge in [-0.15, -0.1) is 0 Å². The Bertz CT molecular complexity index is 437. The van der Waals surface area contributed by atoms with Crippen LogP contribution in [0.4, 0.5) is 8.78 Å². The van der Waals surface area contributed by atoms with Crippen molar-refractivity contribution in [3.63, 3.8) is 0 Å². The van der Waals surface area contributed by atoms with E-state index in [4.69, 9.17) is 10.5 Å². The van der Waals surface area contributed by atoms with E-state index in [1.54, 1.807) is 7.11 Å². The molecule has 1 saturated carbocycles. The molecule has 5 heteroatoms. The van der Waals surface area contributed by atoms with E-state index < -0.39 is 11.6 Å². The minimum absolute atomic E-state index is 0.0274. The highest BCUT2D eigenvalue weighted by Gasteiger charge is 2.35. The van der Waals surface area contributed by atoms with Crippen LogP contribution in [0.25, 0.3) is 0 Å². The van der Waals surface area contributed by atoms with Crippen molar-refractivity contribution < 1.29 is 13.5 Å². The highest BCUT2D eigenvalue weighted by atomic mass is 79.9. The van der Waals surface area contributed by atoms with Crippen molar-refractivity contribution in [2.45, 2.75) is 31.4 Å². The van der Waals surface area contributed by atoms with Gasteiger partial charge in [-0.1, -0.05) is 0 Å². The van der Waals surface area contributed by atoms with Crippen LogP contribution in [0.3, 0.4) is 0 Å². The summed E-state index contributed by atoms with van der Waals surface area (Å²) in [6.45, 7) is 0. The fraction of sp³-hybridized carbons (Fsp3) is 0.538. The number of nitrogens with two attached hydrogens (primary N) is 1. The second kappa shape index (κ2) is 5.63. The second-order valence-corrected chi connectivity index (χ2v) is 5.58. The van der Waals surface area contributed by atoms with Gasteiger partial charge in [0.25, 0.3) is 0 Å². The van der Waals surface area contributed by atoms with Crippen molar-refractivity contribution in [1.82, 2.24) is 0 Å². The van der Waals surface area contributed by atoms with E-state index in [0.29, 0.717) is 5.92 Å². The molecule has 0 saturated heterocycles.